The quantitative estimate of drug-likeness (QED) is 0.728. The molecule has 1 heterocycles. The number of carbonyl (C=O) groups is 1. The van der Waals surface area contributed by atoms with E-state index in [0.29, 0.717) is 11.7 Å². The van der Waals surface area contributed by atoms with Crippen LogP contribution in [-0.4, -0.2) is 15.7 Å². The van der Waals surface area contributed by atoms with Crippen LogP contribution in [0.2, 0.25) is 0 Å². The van der Waals surface area contributed by atoms with Gasteiger partial charge in [0.15, 0.2) is 5.82 Å². The molecule has 1 aromatic heterocycles. The van der Waals surface area contributed by atoms with Crippen molar-refractivity contribution in [3.8, 4) is 5.69 Å². The highest BCUT2D eigenvalue weighted by atomic mass is 79.9. The van der Waals surface area contributed by atoms with Crippen molar-refractivity contribution in [1.29, 1.82) is 0 Å². The third-order valence-electron chi connectivity index (χ3n) is 4.29. The van der Waals surface area contributed by atoms with Crippen LogP contribution in [-0.2, 0) is 4.79 Å². The zero-order valence-corrected chi connectivity index (χ0v) is 14.5. The Hall–Kier alpha value is -2.40. The summed E-state index contributed by atoms with van der Waals surface area (Å²) in [6.45, 7) is 0. The average Bonchev–Trinajstić information content (AvgIpc) is 3.28. The summed E-state index contributed by atoms with van der Waals surface area (Å²) in [6.07, 6.45) is 2.75. The number of hydrogen-bond acceptors (Lipinski definition) is 2. The van der Waals surface area contributed by atoms with Crippen molar-refractivity contribution >= 4 is 27.7 Å². The number of amides is 1. The first-order chi connectivity index (χ1) is 11.7. The molecule has 0 radical (unpaired) electrons. The largest absolute Gasteiger partial charge is 0.309 e. The van der Waals surface area contributed by atoms with Gasteiger partial charge in [-0.2, -0.15) is 5.10 Å². The van der Waals surface area contributed by atoms with Gasteiger partial charge in [0.05, 0.1) is 5.69 Å². The van der Waals surface area contributed by atoms with Crippen LogP contribution < -0.4 is 5.32 Å². The van der Waals surface area contributed by atoms with Crippen molar-refractivity contribution in [3.05, 3.63) is 76.9 Å². The number of benzene rings is 2. The number of nitrogens with one attached hydrogen (secondary N) is 1. The highest BCUT2D eigenvalue weighted by Crippen LogP contribution is 2.48. The van der Waals surface area contributed by atoms with Crippen molar-refractivity contribution in [1.82, 2.24) is 9.78 Å². The van der Waals surface area contributed by atoms with E-state index in [1.165, 1.54) is 5.56 Å². The van der Waals surface area contributed by atoms with Gasteiger partial charge in [-0.25, -0.2) is 4.68 Å². The molecule has 120 valence electrons. The van der Waals surface area contributed by atoms with Crippen molar-refractivity contribution in [3.63, 3.8) is 0 Å². The molecule has 0 saturated heterocycles. The predicted molar refractivity (Wildman–Crippen MR) is 97.2 cm³/mol. The molecule has 3 aromatic rings. The SMILES string of the molecule is O=C(Nc1ccn(-c2ccccc2)n1)C1CC1c1ccc(Br)cc1. The van der Waals surface area contributed by atoms with E-state index < -0.39 is 0 Å². The van der Waals surface area contributed by atoms with Crippen molar-refractivity contribution < 1.29 is 4.79 Å². The van der Waals surface area contributed by atoms with Crippen molar-refractivity contribution in [2.45, 2.75) is 12.3 Å². The van der Waals surface area contributed by atoms with Gasteiger partial charge in [0.2, 0.25) is 5.91 Å². The molecule has 1 amide bonds. The summed E-state index contributed by atoms with van der Waals surface area (Å²) in [5.41, 5.74) is 2.19. The van der Waals surface area contributed by atoms with E-state index in [4.69, 9.17) is 0 Å². The van der Waals surface area contributed by atoms with Crippen LogP contribution in [0.1, 0.15) is 17.9 Å². The lowest BCUT2D eigenvalue weighted by molar-refractivity contribution is -0.117. The number of aromatic nitrogens is 2. The number of anilines is 1. The Morgan fingerprint density at radius 1 is 1.08 bits per heavy atom. The second-order valence-electron chi connectivity index (χ2n) is 5.97. The number of nitrogens with zero attached hydrogens (tertiary/aromatic N) is 2. The third-order valence-corrected chi connectivity index (χ3v) is 4.82. The minimum Gasteiger partial charge on any atom is -0.309 e. The third kappa shape index (κ3) is 3.12. The second-order valence-corrected chi connectivity index (χ2v) is 6.89. The topological polar surface area (TPSA) is 46.9 Å². The minimum absolute atomic E-state index is 0.0352. The normalized spacial score (nSPS) is 19.0. The molecule has 2 atom stereocenters. The monoisotopic (exact) mass is 381 g/mol. The van der Waals surface area contributed by atoms with Gasteiger partial charge in [0.1, 0.15) is 0 Å². The molecule has 1 aliphatic rings. The molecule has 1 N–H and O–H groups in total. The number of rotatable bonds is 4. The fraction of sp³-hybridized carbons (Fsp3) is 0.158. The maximum atomic E-state index is 12.4. The Balaban J connectivity index is 1.41. The van der Waals surface area contributed by atoms with Gasteiger partial charge in [0.25, 0.3) is 0 Å². The summed E-state index contributed by atoms with van der Waals surface area (Å²) in [6, 6.07) is 19.8. The van der Waals surface area contributed by atoms with E-state index in [-0.39, 0.29) is 11.8 Å². The summed E-state index contributed by atoms with van der Waals surface area (Å²) in [7, 11) is 0. The first-order valence-corrected chi connectivity index (χ1v) is 8.67. The maximum Gasteiger partial charge on any atom is 0.229 e. The molecular weight excluding hydrogens is 366 g/mol. The fourth-order valence-electron chi connectivity index (χ4n) is 2.90. The molecule has 1 saturated carbocycles. The van der Waals surface area contributed by atoms with E-state index in [2.05, 4.69) is 38.5 Å². The highest BCUT2D eigenvalue weighted by molar-refractivity contribution is 9.10. The van der Waals surface area contributed by atoms with Crippen LogP contribution in [0.15, 0.2) is 71.3 Å². The molecule has 2 aromatic carbocycles. The van der Waals surface area contributed by atoms with Gasteiger partial charge in [-0.3, -0.25) is 4.79 Å². The van der Waals surface area contributed by atoms with E-state index in [9.17, 15) is 4.79 Å². The van der Waals surface area contributed by atoms with Gasteiger partial charge < -0.3 is 5.32 Å². The Morgan fingerprint density at radius 3 is 2.58 bits per heavy atom. The number of hydrogen-bond donors (Lipinski definition) is 1. The molecule has 0 spiro atoms. The standard InChI is InChI=1S/C19H16BrN3O/c20-14-8-6-13(7-9-14)16-12-17(16)19(24)21-18-10-11-23(22-18)15-4-2-1-3-5-15/h1-11,16-17H,12H2,(H,21,22,24). The Morgan fingerprint density at radius 2 is 1.83 bits per heavy atom. The number of halogens is 1. The smallest absolute Gasteiger partial charge is 0.229 e. The van der Waals surface area contributed by atoms with Crippen LogP contribution in [0.3, 0.4) is 0 Å². The first kappa shape index (κ1) is 15.1. The molecular formula is C19H16BrN3O. The zero-order chi connectivity index (χ0) is 16.5. The summed E-state index contributed by atoms with van der Waals surface area (Å²) in [5, 5.41) is 7.34. The van der Waals surface area contributed by atoms with Crippen molar-refractivity contribution in [2.75, 3.05) is 5.32 Å². The number of carbonyl (C=O) groups excluding carboxylic acids is 1. The number of para-hydroxylation sites is 1. The van der Waals surface area contributed by atoms with Crippen LogP contribution >= 0.6 is 15.9 Å². The average molecular weight is 382 g/mol. The van der Waals surface area contributed by atoms with Gasteiger partial charge in [-0.05, 0) is 42.2 Å². The lowest BCUT2D eigenvalue weighted by Crippen LogP contribution is -2.15. The molecule has 1 fully saturated rings. The van der Waals surface area contributed by atoms with Crippen LogP contribution in [0.5, 0.6) is 0 Å². The van der Waals surface area contributed by atoms with E-state index in [1.54, 1.807) is 4.68 Å². The summed E-state index contributed by atoms with van der Waals surface area (Å²) in [4.78, 5) is 12.4. The maximum absolute atomic E-state index is 12.4. The zero-order valence-electron chi connectivity index (χ0n) is 12.9. The molecule has 24 heavy (non-hydrogen) atoms. The Labute approximate surface area is 148 Å². The van der Waals surface area contributed by atoms with Gasteiger partial charge in [0, 0.05) is 22.7 Å². The molecule has 2 unspecified atom stereocenters. The van der Waals surface area contributed by atoms with E-state index in [0.717, 1.165) is 16.6 Å². The van der Waals surface area contributed by atoms with Crippen LogP contribution in [0.25, 0.3) is 5.69 Å². The van der Waals surface area contributed by atoms with Crippen LogP contribution in [0, 0.1) is 5.92 Å². The fourth-order valence-corrected chi connectivity index (χ4v) is 3.16. The van der Waals surface area contributed by atoms with Gasteiger partial charge in [-0.1, -0.05) is 46.3 Å². The molecule has 4 rings (SSSR count). The Kier molecular flexibility index (Phi) is 3.94. The highest BCUT2D eigenvalue weighted by Gasteiger charge is 2.44. The molecule has 4 nitrogen and oxygen atoms in total. The molecule has 5 heteroatoms. The van der Waals surface area contributed by atoms with E-state index >= 15 is 0 Å². The van der Waals surface area contributed by atoms with Crippen LogP contribution in [0.4, 0.5) is 5.82 Å². The molecule has 0 aliphatic heterocycles. The summed E-state index contributed by atoms with van der Waals surface area (Å²) < 4.78 is 2.81. The minimum atomic E-state index is 0.0352. The molecule has 1 aliphatic carbocycles. The lowest BCUT2D eigenvalue weighted by Gasteiger charge is -2.03. The Bertz CT molecular complexity index is 858. The summed E-state index contributed by atoms with van der Waals surface area (Å²) >= 11 is 3.43. The predicted octanol–water partition coefficient (Wildman–Crippen LogP) is 4.38. The summed E-state index contributed by atoms with van der Waals surface area (Å²) in [5.74, 6) is 0.980. The lowest BCUT2D eigenvalue weighted by atomic mass is 10.1. The van der Waals surface area contributed by atoms with E-state index in [1.807, 2.05) is 54.7 Å². The van der Waals surface area contributed by atoms with Gasteiger partial charge >= 0.3 is 0 Å². The second kappa shape index (κ2) is 6.24. The molecule has 0 bridgehead atoms. The van der Waals surface area contributed by atoms with Crippen molar-refractivity contribution in [2.24, 2.45) is 5.92 Å². The van der Waals surface area contributed by atoms with Gasteiger partial charge in [-0.15, -0.1) is 0 Å². The first-order valence-electron chi connectivity index (χ1n) is 7.88.